The molecule has 0 amide bonds. The molecule has 1 heterocycles. The van der Waals surface area contributed by atoms with Crippen molar-refractivity contribution in [1.29, 1.82) is 0 Å². The second kappa shape index (κ2) is 11.9. The molecule has 26 heavy (non-hydrogen) atoms. The predicted octanol–water partition coefficient (Wildman–Crippen LogP) is 2.87. The summed E-state index contributed by atoms with van der Waals surface area (Å²) in [6.45, 7) is 13.0. The summed E-state index contributed by atoms with van der Waals surface area (Å²) >= 11 is 0. The van der Waals surface area contributed by atoms with Gasteiger partial charge in [-0.05, 0) is 38.0 Å². The second-order valence-electron chi connectivity index (χ2n) is 7.11. The van der Waals surface area contributed by atoms with E-state index in [4.69, 9.17) is 9.52 Å². The number of aliphatic imine (C=N–C) groups is 1. The lowest BCUT2D eigenvalue weighted by molar-refractivity contribution is 0.175. The topological polar surface area (TPSA) is 95.6 Å². The minimum absolute atomic E-state index is 0.0775. The van der Waals surface area contributed by atoms with Crippen molar-refractivity contribution in [2.24, 2.45) is 10.4 Å². The first-order valence-electron chi connectivity index (χ1n) is 9.95. The van der Waals surface area contributed by atoms with Crippen molar-refractivity contribution >= 4 is 5.96 Å². The number of aliphatic hydroxyl groups is 1. The molecule has 0 aromatic carbocycles. The smallest absolute Gasteiger partial charge is 0.226 e. The summed E-state index contributed by atoms with van der Waals surface area (Å²) in [5.41, 5.74) is 0.0775. The molecule has 0 saturated carbocycles. The van der Waals surface area contributed by atoms with E-state index in [2.05, 4.69) is 55.4 Å². The van der Waals surface area contributed by atoms with Gasteiger partial charge in [0, 0.05) is 38.6 Å². The fraction of sp³-hybridized carbons (Fsp3) is 0.842. The number of aromatic nitrogens is 2. The summed E-state index contributed by atoms with van der Waals surface area (Å²) in [6.07, 6.45) is 4.47. The maximum atomic E-state index is 9.35. The number of rotatable bonds is 12. The fourth-order valence-corrected chi connectivity index (χ4v) is 2.78. The number of aryl methyl sites for hydroxylation is 1. The molecule has 7 heteroatoms. The van der Waals surface area contributed by atoms with Crippen molar-refractivity contribution in [3.05, 3.63) is 11.7 Å². The van der Waals surface area contributed by atoms with Gasteiger partial charge in [0.05, 0.1) is 0 Å². The number of nitrogens with zero attached hydrogens (tertiary/aromatic N) is 3. The Labute approximate surface area is 158 Å². The molecule has 1 aromatic heterocycles. The molecule has 0 aliphatic carbocycles. The van der Waals surface area contributed by atoms with Crippen molar-refractivity contribution in [2.75, 3.05) is 26.2 Å². The Morgan fingerprint density at radius 3 is 2.50 bits per heavy atom. The van der Waals surface area contributed by atoms with Crippen molar-refractivity contribution in [3.63, 3.8) is 0 Å². The lowest BCUT2D eigenvalue weighted by Gasteiger charge is -2.29. The van der Waals surface area contributed by atoms with Crippen molar-refractivity contribution in [1.82, 2.24) is 20.8 Å². The molecule has 0 bridgehead atoms. The maximum absolute atomic E-state index is 9.35. The molecular weight excluding hydrogens is 330 g/mol. The average molecular weight is 368 g/mol. The van der Waals surface area contributed by atoms with Crippen LogP contribution in [0, 0.1) is 5.41 Å². The second-order valence-corrected chi connectivity index (χ2v) is 7.11. The third-order valence-corrected chi connectivity index (χ3v) is 4.92. The predicted molar refractivity (Wildman–Crippen MR) is 105 cm³/mol. The van der Waals surface area contributed by atoms with Gasteiger partial charge in [-0.15, -0.1) is 0 Å². The van der Waals surface area contributed by atoms with E-state index in [9.17, 15) is 5.11 Å². The molecule has 0 fully saturated rings. The number of hydrogen-bond donors (Lipinski definition) is 3. The third kappa shape index (κ3) is 7.32. The summed E-state index contributed by atoms with van der Waals surface area (Å²) in [5, 5.41) is 20.0. The molecular formula is C19H37N5O2. The lowest BCUT2D eigenvalue weighted by atomic mass is 9.79. The standard InChI is InChI=1S/C19H37N5O2/c1-6-19(7-2,11-13-25)14-22-18(20-8-3)21-12-9-10-16-23-17(15(4)5)24-26-16/h15,25H,6-14H2,1-5H3,(H2,20,21,22). The fourth-order valence-electron chi connectivity index (χ4n) is 2.78. The van der Waals surface area contributed by atoms with E-state index in [1.807, 2.05) is 0 Å². The summed E-state index contributed by atoms with van der Waals surface area (Å²) in [4.78, 5) is 9.15. The quantitative estimate of drug-likeness (QED) is 0.299. The van der Waals surface area contributed by atoms with Crippen LogP contribution in [0.25, 0.3) is 0 Å². The van der Waals surface area contributed by atoms with Crippen LogP contribution in [0.2, 0.25) is 0 Å². The lowest BCUT2D eigenvalue weighted by Crippen LogP contribution is -2.39. The van der Waals surface area contributed by atoms with Gasteiger partial charge in [-0.3, -0.25) is 4.99 Å². The van der Waals surface area contributed by atoms with Crippen LogP contribution < -0.4 is 10.6 Å². The zero-order chi connectivity index (χ0) is 19.4. The highest BCUT2D eigenvalue weighted by atomic mass is 16.5. The van der Waals surface area contributed by atoms with Gasteiger partial charge in [0.25, 0.3) is 0 Å². The molecule has 3 N–H and O–H groups in total. The van der Waals surface area contributed by atoms with Crippen LogP contribution in [-0.4, -0.2) is 47.4 Å². The van der Waals surface area contributed by atoms with E-state index in [-0.39, 0.29) is 17.9 Å². The molecule has 0 aliphatic heterocycles. The summed E-state index contributed by atoms with van der Waals surface area (Å²) < 4.78 is 5.27. The Morgan fingerprint density at radius 1 is 1.23 bits per heavy atom. The normalized spacial score (nSPS) is 12.7. The molecule has 0 saturated heterocycles. The molecule has 0 radical (unpaired) electrons. The average Bonchev–Trinajstić information content (AvgIpc) is 3.11. The molecule has 0 atom stereocenters. The van der Waals surface area contributed by atoms with E-state index in [0.29, 0.717) is 5.89 Å². The van der Waals surface area contributed by atoms with Gasteiger partial charge in [0.15, 0.2) is 11.8 Å². The number of aliphatic hydroxyl groups excluding tert-OH is 1. The van der Waals surface area contributed by atoms with E-state index in [1.54, 1.807) is 0 Å². The van der Waals surface area contributed by atoms with E-state index >= 15 is 0 Å². The first-order valence-corrected chi connectivity index (χ1v) is 9.95. The molecule has 1 aromatic rings. The molecule has 0 spiro atoms. The van der Waals surface area contributed by atoms with Crippen molar-refractivity contribution < 1.29 is 9.63 Å². The van der Waals surface area contributed by atoms with E-state index in [0.717, 1.165) is 63.5 Å². The van der Waals surface area contributed by atoms with Gasteiger partial charge < -0.3 is 20.3 Å². The Hall–Kier alpha value is -1.63. The van der Waals surface area contributed by atoms with Gasteiger partial charge in [-0.2, -0.15) is 4.98 Å². The summed E-state index contributed by atoms with van der Waals surface area (Å²) in [7, 11) is 0. The maximum Gasteiger partial charge on any atom is 0.226 e. The van der Waals surface area contributed by atoms with Gasteiger partial charge in [-0.25, -0.2) is 0 Å². The van der Waals surface area contributed by atoms with Crippen LogP contribution in [0.1, 0.15) is 77.9 Å². The Balaban J connectivity index is 2.50. The molecule has 1 rings (SSSR count). The van der Waals surface area contributed by atoms with Crippen molar-refractivity contribution in [3.8, 4) is 0 Å². The zero-order valence-electron chi connectivity index (χ0n) is 17.1. The number of hydrogen-bond acceptors (Lipinski definition) is 5. The summed E-state index contributed by atoms with van der Waals surface area (Å²) in [6, 6.07) is 0. The van der Waals surface area contributed by atoms with Gasteiger partial charge in [0.1, 0.15) is 0 Å². The SMILES string of the molecule is CCNC(=NCC(CC)(CC)CCO)NCCCc1nc(C(C)C)no1. The van der Waals surface area contributed by atoms with Crippen molar-refractivity contribution in [2.45, 2.75) is 72.6 Å². The molecule has 0 unspecified atom stereocenters. The largest absolute Gasteiger partial charge is 0.396 e. The minimum atomic E-state index is 0.0775. The van der Waals surface area contributed by atoms with Gasteiger partial charge >= 0.3 is 0 Å². The van der Waals surface area contributed by atoms with Crippen LogP contribution in [0.4, 0.5) is 0 Å². The Morgan fingerprint density at radius 2 is 1.96 bits per heavy atom. The van der Waals surface area contributed by atoms with Crippen LogP contribution in [0.5, 0.6) is 0 Å². The summed E-state index contributed by atoms with van der Waals surface area (Å²) in [5.74, 6) is 2.57. The van der Waals surface area contributed by atoms with Crippen LogP contribution in [0.3, 0.4) is 0 Å². The monoisotopic (exact) mass is 367 g/mol. The highest BCUT2D eigenvalue weighted by molar-refractivity contribution is 5.79. The zero-order valence-corrected chi connectivity index (χ0v) is 17.1. The van der Waals surface area contributed by atoms with Gasteiger partial charge in [-0.1, -0.05) is 32.9 Å². The minimum Gasteiger partial charge on any atom is -0.396 e. The van der Waals surface area contributed by atoms with Crippen LogP contribution >= 0.6 is 0 Å². The van der Waals surface area contributed by atoms with E-state index < -0.39 is 0 Å². The molecule has 0 aliphatic rings. The number of guanidine groups is 1. The first kappa shape index (κ1) is 22.4. The number of nitrogens with one attached hydrogen (secondary N) is 2. The Kier molecular flexibility index (Phi) is 10.2. The van der Waals surface area contributed by atoms with E-state index in [1.165, 1.54) is 0 Å². The molecule has 150 valence electrons. The molecule has 7 nitrogen and oxygen atoms in total. The highest BCUT2D eigenvalue weighted by Crippen LogP contribution is 2.30. The third-order valence-electron chi connectivity index (χ3n) is 4.92. The first-order chi connectivity index (χ1) is 12.5. The highest BCUT2D eigenvalue weighted by Gasteiger charge is 2.25. The Bertz CT molecular complexity index is 524. The van der Waals surface area contributed by atoms with Crippen LogP contribution in [0.15, 0.2) is 9.52 Å². The van der Waals surface area contributed by atoms with Crippen LogP contribution in [-0.2, 0) is 6.42 Å². The van der Waals surface area contributed by atoms with Gasteiger partial charge in [0.2, 0.25) is 5.89 Å².